The number of sulfone groups is 1. The second kappa shape index (κ2) is 8.83. The molecule has 29 heavy (non-hydrogen) atoms. The lowest BCUT2D eigenvalue weighted by atomic mass is 10.2. The van der Waals surface area contributed by atoms with E-state index >= 15 is 0 Å². The van der Waals surface area contributed by atoms with Crippen molar-refractivity contribution < 1.29 is 12.8 Å². The number of aryl methyl sites for hydroxylation is 1. The van der Waals surface area contributed by atoms with Gasteiger partial charge < -0.3 is 10.6 Å². The Morgan fingerprint density at radius 1 is 1.03 bits per heavy atom. The van der Waals surface area contributed by atoms with Crippen molar-refractivity contribution in [3.8, 4) is 0 Å². The SMILES string of the molecule is CN=C(NCc1ccc(S(=O)(=O)c2cc(C)cc(F)c2)cc1)Nc1ccncc1. The minimum absolute atomic E-state index is 0.0529. The number of nitrogens with zero attached hydrogens (tertiary/aromatic N) is 2. The molecule has 0 spiro atoms. The van der Waals surface area contributed by atoms with Gasteiger partial charge in [0.05, 0.1) is 9.79 Å². The van der Waals surface area contributed by atoms with Crippen molar-refractivity contribution in [2.45, 2.75) is 23.3 Å². The number of rotatable bonds is 5. The van der Waals surface area contributed by atoms with Crippen LogP contribution in [0.2, 0.25) is 0 Å². The van der Waals surface area contributed by atoms with E-state index in [0.717, 1.165) is 17.3 Å². The molecule has 0 radical (unpaired) electrons. The number of aliphatic imine (C=N–C) groups is 1. The fourth-order valence-corrected chi connectivity index (χ4v) is 4.09. The summed E-state index contributed by atoms with van der Waals surface area (Å²) in [5, 5.41) is 6.29. The molecule has 0 aliphatic heterocycles. The van der Waals surface area contributed by atoms with Crippen molar-refractivity contribution >= 4 is 21.5 Å². The molecule has 150 valence electrons. The number of halogens is 1. The van der Waals surface area contributed by atoms with Gasteiger partial charge in [-0.25, -0.2) is 12.8 Å². The number of hydrogen-bond donors (Lipinski definition) is 2. The molecular weight excluding hydrogens is 391 g/mol. The molecular formula is C21H21FN4O2S. The first-order chi connectivity index (χ1) is 13.9. The predicted molar refractivity (Wildman–Crippen MR) is 111 cm³/mol. The van der Waals surface area contributed by atoms with Gasteiger partial charge in [-0.1, -0.05) is 12.1 Å². The van der Waals surface area contributed by atoms with E-state index in [0.29, 0.717) is 18.1 Å². The molecule has 0 aliphatic carbocycles. The molecule has 2 aromatic carbocycles. The maximum absolute atomic E-state index is 13.6. The van der Waals surface area contributed by atoms with Crippen molar-refractivity contribution in [2.75, 3.05) is 12.4 Å². The van der Waals surface area contributed by atoms with E-state index in [2.05, 4.69) is 20.6 Å². The van der Waals surface area contributed by atoms with Gasteiger partial charge >= 0.3 is 0 Å². The highest BCUT2D eigenvalue weighted by Gasteiger charge is 2.18. The second-order valence-corrected chi connectivity index (χ2v) is 8.35. The van der Waals surface area contributed by atoms with Crippen LogP contribution in [-0.2, 0) is 16.4 Å². The van der Waals surface area contributed by atoms with Gasteiger partial charge in [-0.05, 0) is 60.5 Å². The van der Waals surface area contributed by atoms with Crippen molar-refractivity contribution in [3.05, 3.63) is 83.9 Å². The predicted octanol–water partition coefficient (Wildman–Crippen LogP) is 3.55. The van der Waals surface area contributed by atoms with Crippen LogP contribution < -0.4 is 10.6 Å². The van der Waals surface area contributed by atoms with Crippen LogP contribution in [0.25, 0.3) is 0 Å². The Kier molecular flexibility index (Phi) is 6.23. The molecule has 3 aromatic rings. The smallest absolute Gasteiger partial charge is 0.206 e. The van der Waals surface area contributed by atoms with Gasteiger partial charge in [-0.15, -0.1) is 0 Å². The van der Waals surface area contributed by atoms with Crippen LogP contribution in [0.15, 0.2) is 81.8 Å². The van der Waals surface area contributed by atoms with Crippen LogP contribution in [-0.4, -0.2) is 26.4 Å². The number of benzene rings is 2. The Hall–Kier alpha value is -3.26. The zero-order valence-electron chi connectivity index (χ0n) is 16.1. The third-order valence-corrected chi connectivity index (χ3v) is 5.94. The van der Waals surface area contributed by atoms with Gasteiger partial charge in [0, 0.05) is 31.7 Å². The summed E-state index contributed by atoms with van der Waals surface area (Å²) in [6.07, 6.45) is 3.35. The van der Waals surface area contributed by atoms with Crippen molar-refractivity contribution in [1.82, 2.24) is 10.3 Å². The van der Waals surface area contributed by atoms with Gasteiger partial charge in [-0.3, -0.25) is 9.98 Å². The summed E-state index contributed by atoms with van der Waals surface area (Å²) in [7, 11) is -2.12. The lowest BCUT2D eigenvalue weighted by Gasteiger charge is -2.12. The molecule has 1 heterocycles. The molecule has 0 saturated heterocycles. The molecule has 8 heteroatoms. The Bertz CT molecular complexity index is 1090. The highest BCUT2D eigenvalue weighted by molar-refractivity contribution is 7.91. The third-order valence-electron chi connectivity index (χ3n) is 4.19. The maximum atomic E-state index is 13.6. The highest BCUT2D eigenvalue weighted by Crippen LogP contribution is 2.23. The zero-order valence-corrected chi connectivity index (χ0v) is 16.9. The van der Waals surface area contributed by atoms with E-state index in [1.807, 2.05) is 12.1 Å². The molecule has 6 nitrogen and oxygen atoms in total. The fourth-order valence-electron chi connectivity index (χ4n) is 2.72. The normalized spacial score (nSPS) is 11.9. The van der Waals surface area contributed by atoms with Crippen LogP contribution in [0.1, 0.15) is 11.1 Å². The van der Waals surface area contributed by atoms with E-state index in [9.17, 15) is 12.8 Å². The Morgan fingerprint density at radius 3 is 2.34 bits per heavy atom. The van der Waals surface area contributed by atoms with Gasteiger partial charge in [0.25, 0.3) is 0 Å². The van der Waals surface area contributed by atoms with E-state index in [1.54, 1.807) is 38.5 Å². The van der Waals surface area contributed by atoms with Crippen molar-refractivity contribution in [1.29, 1.82) is 0 Å². The van der Waals surface area contributed by atoms with Crippen LogP contribution in [0.5, 0.6) is 0 Å². The molecule has 0 bridgehead atoms. The molecule has 2 N–H and O–H groups in total. The molecule has 0 unspecified atom stereocenters. The van der Waals surface area contributed by atoms with Crippen molar-refractivity contribution in [2.24, 2.45) is 4.99 Å². The summed E-state index contributed by atoms with van der Waals surface area (Å²) < 4.78 is 39.1. The van der Waals surface area contributed by atoms with Crippen molar-refractivity contribution in [3.63, 3.8) is 0 Å². The quantitative estimate of drug-likeness (QED) is 0.495. The average Bonchev–Trinajstić information content (AvgIpc) is 2.71. The molecule has 0 saturated carbocycles. The number of hydrogen-bond acceptors (Lipinski definition) is 4. The number of anilines is 1. The first-order valence-electron chi connectivity index (χ1n) is 8.87. The molecule has 0 atom stereocenters. The van der Waals surface area contributed by atoms with Crippen LogP contribution >= 0.6 is 0 Å². The number of aromatic nitrogens is 1. The Labute approximate surface area is 169 Å². The standard InChI is InChI=1S/C21H21FN4O2S/c1-15-11-17(22)13-20(12-15)29(27,28)19-5-3-16(4-6-19)14-25-21(23-2)26-18-7-9-24-10-8-18/h3-13H,14H2,1-2H3,(H2,23,24,25,26). The van der Waals surface area contributed by atoms with Gasteiger partial charge in [0.2, 0.25) is 9.84 Å². The lowest BCUT2D eigenvalue weighted by Crippen LogP contribution is -2.30. The average molecular weight is 412 g/mol. The Morgan fingerprint density at radius 2 is 1.72 bits per heavy atom. The third kappa shape index (κ3) is 5.17. The fraction of sp³-hybridized carbons (Fsp3) is 0.143. The summed E-state index contributed by atoms with van der Waals surface area (Å²) in [5.41, 5.74) is 2.27. The second-order valence-electron chi connectivity index (χ2n) is 6.40. The lowest BCUT2D eigenvalue weighted by molar-refractivity contribution is 0.590. The molecule has 3 rings (SSSR count). The van der Waals surface area contributed by atoms with E-state index in [1.165, 1.54) is 24.3 Å². The van der Waals surface area contributed by atoms with Gasteiger partial charge in [0.1, 0.15) is 5.82 Å². The van der Waals surface area contributed by atoms with Gasteiger partial charge in [-0.2, -0.15) is 0 Å². The molecule has 1 aromatic heterocycles. The Balaban J connectivity index is 1.69. The largest absolute Gasteiger partial charge is 0.352 e. The highest BCUT2D eigenvalue weighted by atomic mass is 32.2. The minimum atomic E-state index is -3.78. The number of guanidine groups is 1. The number of pyridine rings is 1. The molecule has 0 amide bonds. The minimum Gasteiger partial charge on any atom is -0.352 e. The van der Waals surface area contributed by atoms with E-state index in [-0.39, 0.29) is 9.79 Å². The summed E-state index contributed by atoms with van der Waals surface area (Å²) >= 11 is 0. The maximum Gasteiger partial charge on any atom is 0.206 e. The van der Waals surface area contributed by atoms with Crippen LogP contribution in [0.3, 0.4) is 0 Å². The van der Waals surface area contributed by atoms with Crippen LogP contribution in [0.4, 0.5) is 10.1 Å². The van der Waals surface area contributed by atoms with Crippen LogP contribution in [0, 0.1) is 12.7 Å². The van der Waals surface area contributed by atoms with E-state index in [4.69, 9.17) is 0 Å². The summed E-state index contributed by atoms with van der Waals surface area (Å²) in [6, 6.07) is 13.9. The summed E-state index contributed by atoms with van der Waals surface area (Å²) in [5.74, 6) is 0.000564. The molecule has 0 aliphatic rings. The topological polar surface area (TPSA) is 83.5 Å². The zero-order chi connectivity index (χ0) is 20.9. The first kappa shape index (κ1) is 20.5. The van der Waals surface area contributed by atoms with Gasteiger partial charge in [0.15, 0.2) is 5.96 Å². The van der Waals surface area contributed by atoms with E-state index < -0.39 is 15.7 Å². The summed E-state index contributed by atoms with van der Waals surface area (Å²) in [6.45, 7) is 2.11. The molecule has 0 fully saturated rings. The summed E-state index contributed by atoms with van der Waals surface area (Å²) in [4.78, 5) is 8.18. The first-order valence-corrected chi connectivity index (χ1v) is 10.4. The number of nitrogens with one attached hydrogen (secondary N) is 2. The monoisotopic (exact) mass is 412 g/mol.